The van der Waals surface area contributed by atoms with E-state index >= 15 is 0 Å². The first-order valence-electron chi connectivity index (χ1n) is 6.66. The second-order valence-corrected chi connectivity index (χ2v) is 4.77. The van der Waals surface area contributed by atoms with Crippen molar-refractivity contribution >= 4 is 17.3 Å². The number of nitrogens with one attached hydrogen (secondary N) is 1. The van der Waals surface area contributed by atoms with Crippen molar-refractivity contribution in [2.75, 3.05) is 12.4 Å². The van der Waals surface area contributed by atoms with Gasteiger partial charge in [-0.15, -0.1) is 0 Å². The Kier molecular flexibility index (Phi) is 4.85. The Balaban J connectivity index is 2.19. The van der Waals surface area contributed by atoms with E-state index in [4.69, 9.17) is 4.74 Å². The van der Waals surface area contributed by atoms with Crippen LogP contribution in [0.1, 0.15) is 17.2 Å². The fraction of sp³-hybridized carbons (Fsp3) is 0.188. The van der Waals surface area contributed by atoms with Crippen LogP contribution in [0.3, 0.4) is 0 Å². The van der Waals surface area contributed by atoms with E-state index in [1.54, 1.807) is 19.1 Å². The number of ether oxygens (including phenoxy) is 1. The molecule has 1 amide bonds. The topological polar surface area (TPSA) is 81.5 Å². The molecule has 1 atom stereocenters. The first-order valence-corrected chi connectivity index (χ1v) is 6.66. The number of anilines is 1. The molecule has 0 aliphatic carbocycles. The van der Waals surface area contributed by atoms with E-state index in [1.165, 1.54) is 25.3 Å². The molecule has 114 valence electrons. The van der Waals surface area contributed by atoms with Gasteiger partial charge in [-0.05, 0) is 24.1 Å². The Hall–Kier alpha value is -2.73. The lowest BCUT2D eigenvalue weighted by Crippen LogP contribution is -2.23. The van der Waals surface area contributed by atoms with E-state index in [-0.39, 0.29) is 11.6 Å². The van der Waals surface area contributed by atoms with Crippen LogP contribution >= 0.6 is 0 Å². The number of aryl methyl sites for hydroxylation is 1. The Morgan fingerprint density at radius 3 is 2.45 bits per heavy atom. The van der Waals surface area contributed by atoms with Crippen LogP contribution in [-0.2, 0) is 9.53 Å². The van der Waals surface area contributed by atoms with Gasteiger partial charge in [0.2, 0.25) is 0 Å². The molecule has 0 aromatic heterocycles. The minimum atomic E-state index is -0.740. The van der Waals surface area contributed by atoms with Gasteiger partial charge < -0.3 is 10.1 Å². The standard InChI is InChI=1S/C16H16N2O4/c1-11-10-13(18(20)21)8-9-14(11)17-16(19)15(22-2)12-6-4-3-5-7-12/h3-10,15H,1-2H3,(H,17,19). The third-order valence-electron chi connectivity index (χ3n) is 3.25. The number of nitro benzene ring substituents is 1. The molecule has 6 heteroatoms. The summed E-state index contributed by atoms with van der Waals surface area (Å²) in [4.78, 5) is 22.6. The number of non-ortho nitro benzene ring substituents is 1. The van der Waals surface area contributed by atoms with Crippen molar-refractivity contribution in [3.8, 4) is 0 Å². The van der Waals surface area contributed by atoms with Crippen LogP contribution in [0.5, 0.6) is 0 Å². The second kappa shape index (κ2) is 6.82. The summed E-state index contributed by atoms with van der Waals surface area (Å²) < 4.78 is 5.25. The fourth-order valence-electron chi connectivity index (χ4n) is 2.12. The molecule has 0 spiro atoms. The van der Waals surface area contributed by atoms with Crippen LogP contribution in [0.2, 0.25) is 0 Å². The minimum Gasteiger partial charge on any atom is -0.367 e. The number of carbonyl (C=O) groups is 1. The summed E-state index contributed by atoms with van der Waals surface area (Å²) in [6.45, 7) is 1.70. The average molecular weight is 300 g/mol. The van der Waals surface area contributed by atoms with Crippen molar-refractivity contribution in [3.05, 3.63) is 69.8 Å². The molecule has 2 aromatic rings. The minimum absolute atomic E-state index is 0.0122. The summed E-state index contributed by atoms with van der Waals surface area (Å²) in [5.41, 5.74) is 1.86. The number of nitrogens with zero attached hydrogens (tertiary/aromatic N) is 1. The molecule has 22 heavy (non-hydrogen) atoms. The van der Waals surface area contributed by atoms with Crippen molar-refractivity contribution in [1.82, 2.24) is 0 Å². The maximum absolute atomic E-state index is 12.3. The summed E-state index contributed by atoms with van der Waals surface area (Å²) in [6, 6.07) is 13.4. The molecule has 0 radical (unpaired) electrons. The van der Waals surface area contributed by atoms with E-state index in [2.05, 4.69) is 5.32 Å². The molecule has 0 saturated carbocycles. The lowest BCUT2D eigenvalue weighted by Gasteiger charge is -2.16. The molecule has 1 N–H and O–H groups in total. The monoisotopic (exact) mass is 300 g/mol. The zero-order valence-electron chi connectivity index (χ0n) is 12.3. The fourth-order valence-corrected chi connectivity index (χ4v) is 2.12. The van der Waals surface area contributed by atoms with Crippen molar-refractivity contribution in [2.24, 2.45) is 0 Å². The van der Waals surface area contributed by atoms with Crippen molar-refractivity contribution in [2.45, 2.75) is 13.0 Å². The second-order valence-electron chi connectivity index (χ2n) is 4.77. The number of methoxy groups -OCH3 is 1. The highest BCUT2D eigenvalue weighted by molar-refractivity contribution is 5.95. The van der Waals surface area contributed by atoms with Gasteiger partial charge in [0.05, 0.1) is 4.92 Å². The number of hydrogen-bond donors (Lipinski definition) is 1. The molecule has 0 saturated heterocycles. The summed E-state index contributed by atoms with van der Waals surface area (Å²) in [5.74, 6) is -0.328. The lowest BCUT2D eigenvalue weighted by molar-refractivity contribution is -0.384. The van der Waals surface area contributed by atoms with Gasteiger partial charge in [0, 0.05) is 24.9 Å². The molecular formula is C16H16N2O4. The van der Waals surface area contributed by atoms with Crippen LogP contribution < -0.4 is 5.32 Å². The smallest absolute Gasteiger partial charge is 0.269 e. The Morgan fingerprint density at radius 2 is 1.91 bits per heavy atom. The van der Waals surface area contributed by atoms with Crippen LogP contribution in [-0.4, -0.2) is 17.9 Å². The quantitative estimate of drug-likeness (QED) is 0.679. The summed E-state index contributed by atoms with van der Waals surface area (Å²) in [7, 11) is 1.46. The lowest BCUT2D eigenvalue weighted by atomic mass is 10.1. The number of amides is 1. The van der Waals surface area contributed by atoms with Crippen LogP contribution in [0.4, 0.5) is 11.4 Å². The van der Waals surface area contributed by atoms with E-state index in [1.807, 2.05) is 18.2 Å². The first kappa shape index (κ1) is 15.7. The number of hydrogen-bond acceptors (Lipinski definition) is 4. The molecule has 0 fully saturated rings. The summed E-state index contributed by atoms with van der Waals surface area (Å²) in [5, 5.41) is 13.5. The van der Waals surface area contributed by atoms with Gasteiger partial charge in [0.25, 0.3) is 11.6 Å². The summed E-state index contributed by atoms with van der Waals surface area (Å²) in [6.07, 6.45) is -0.740. The molecule has 2 aromatic carbocycles. The maximum Gasteiger partial charge on any atom is 0.269 e. The zero-order chi connectivity index (χ0) is 16.1. The zero-order valence-corrected chi connectivity index (χ0v) is 12.3. The van der Waals surface area contributed by atoms with E-state index in [9.17, 15) is 14.9 Å². The highest BCUT2D eigenvalue weighted by Gasteiger charge is 2.20. The molecule has 0 aliphatic rings. The molecule has 6 nitrogen and oxygen atoms in total. The van der Waals surface area contributed by atoms with Gasteiger partial charge in [-0.25, -0.2) is 0 Å². The number of carbonyl (C=O) groups excluding carboxylic acids is 1. The van der Waals surface area contributed by atoms with Crippen LogP contribution in [0.15, 0.2) is 48.5 Å². The van der Waals surface area contributed by atoms with Crippen molar-refractivity contribution < 1.29 is 14.5 Å². The highest BCUT2D eigenvalue weighted by atomic mass is 16.6. The normalized spacial score (nSPS) is 11.7. The number of rotatable bonds is 5. The van der Waals surface area contributed by atoms with Gasteiger partial charge >= 0.3 is 0 Å². The van der Waals surface area contributed by atoms with Gasteiger partial charge in [-0.3, -0.25) is 14.9 Å². The molecular weight excluding hydrogens is 284 g/mol. The number of benzene rings is 2. The largest absolute Gasteiger partial charge is 0.367 e. The molecule has 2 rings (SSSR count). The van der Waals surface area contributed by atoms with E-state index in [0.717, 1.165) is 5.56 Å². The maximum atomic E-state index is 12.3. The number of nitro groups is 1. The third kappa shape index (κ3) is 3.48. The van der Waals surface area contributed by atoms with E-state index < -0.39 is 11.0 Å². The third-order valence-corrected chi connectivity index (χ3v) is 3.25. The predicted molar refractivity (Wildman–Crippen MR) is 82.7 cm³/mol. The summed E-state index contributed by atoms with van der Waals surface area (Å²) >= 11 is 0. The van der Waals surface area contributed by atoms with Crippen LogP contribution in [0.25, 0.3) is 0 Å². The van der Waals surface area contributed by atoms with Gasteiger partial charge in [-0.1, -0.05) is 30.3 Å². The molecule has 1 unspecified atom stereocenters. The van der Waals surface area contributed by atoms with Crippen LogP contribution in [0, 0.1) is 17.0 Å². The Morgan fingerprint density at radius 1 is 1.23 bits per heavy atom. The van der Waals surface area contributed by atoms with Gasteiger partial charge in [-0.2, -0.15) is 0 Å². The predicted octanol–water partition coefficient (Wildman–Crippen LogP) is 3.23. The Labute approximate surface area is 127 Å². The SMILES string of the molecule is COC(C(=O)Nc1ccc([N+](=O)[O-])cc1C)c1ccccc1. The first-order chi connectivity index (χ1) is 10.5. The molecule has 0 bridgehead atoms. The Bertz CT molecular complexity index is 686. The molecule has 0 heterocycles. The highest BCUT2D eigenvalue weighted by Crippen LogP contribution is 2.24. The van der Waals surface area contributed by atoms with Gasteiger partial charge in [0.15, 0.2) is 6.10 Å². The van der Waals surface area contributed by atoms with E-state index in [0.29, 0.717) is 11.3 Å². The van der Waals surface area contributed by atoms with Crippen molar-refractivity contribution in [1.29, 1.82) is 0 Å². The van der Waals surface area contributed by atoms with Crippen molar-refractivity contribution in [3.63, 3.8) is 0 Å². The van der Waals surface area contributed by atoms with Gasteiger partial charge in [0.1, 0.15) is 0 Å². The molecule has 0 aliphatic heterocycles. The average Bonchev–Trinajstić information content (AvgIpc) is 2.51.